The molecule has 1 aliphatic heterocycles. The Morgan fingerprint density at radius 1 is 1.40 bits per heavy atom. The molecule has 1 aromatic carbocycles. The maximum Gasteiger partial charge on any atom is 0.119 e. The summed E-state index contributed by atoms with van der Waals surface area (Å²) in [4.78, 5) is 2.89. The molecule has 0 bridgehead atoms. The van der Waals surface area contributed by atoms with Crippen LogP contribution in [0.1, 0.15) is 19.4 Å². The maximum absolute atomic E-state index is 5.78. The highest BCUT2D eigenvalue weighted by Gasteiger charge is 2.26. The molecule has 0 radical (unpaired) electrons. The van der Waals surface area contributed by atoms with E-state index in [0.29, 0.717) is 16.3 Å². The number of hydrogen-bond acceptors (Lipinski definition) is 4. The van der Waals surface area contributed by atoms with Crippen LogP contribution in [0, 0.1) is 0 Å². The lowest BCUT2D eigenvalue weighted by Crippen LogP contribution is -2.44. The van der Waals surface area contributed by atoms with Crippen molar-refractivity contribution in [2.45, 2.75) is 18.6 Å². The van der Waals surface area contributed by atoms with Crippen molar-refractivity contribution in [3.05, 3.63) is 29.8 Å². The highest BCUT2D eigenvalue weighted by atomic mass is 32.2. The molecule has 0 unspecified atom stereocenters. The average Bonchev–Trinajstić information content (AvgIpc) is 2.38. The molecule has 5 heteroatoms. The fourth-order valence-corrected chi connectivity index (χ4v) is 3.63. The van der Waals surface area contributed by atoms with Gasteiger partial charge in [0.1, 0.15) is 17.3 Å². The second-order valence-corrected chi connectivity index (χ2v) is 7.86. The third-order valence-corrected chi connectivity index (χ3v) is 4.85. The van der Waals surface area contributed by atoms with E-state index in [1.54, 1.807) is 0 Å². The van der Waals surface area contributed by atoms with E-state index in [0.717, 1.165) is 30.9 Å². The molecule has 0 aromatic heterocycles. The molecule has 0 spiro atoms. The van der Waals surface area contributed by atoms with Crippen molar-refractivity contribution >= 4 is 29.0 Å². The van der Waals surface area contributed by atoms with Gasteiger partial charge in [-0.1, -0.05) is 12.2 Å². The molecule has 1 fully saturated rings. The molecule has 1 saturated heterocycles. The summed E-state index contributed by atoms with van der Waals surface area (Å²) in [5, 5.41) is 0. The molecule has 1 heterocycles. The molecule has 0 aliphatic carbocycles. The van der Waals surface area contributed by atoms with Gasteiger partial charge in [-0.15, -0.1) is 0 Å². The molecule has 20 heavy (non-hydrogen) atoms. The normalized spacial score (nSPS) is 18.7. The number of ether oxygens (including phenoxy) is 1. The van der Waals surface area contributed by atoms with Crippen LogP contribution in [0.5, 0.6) is 5.75 Å². The van der Waals surface area contributed by atoms with Gasteiger partial charge in [0.05, 0.1) is 0 Å². The first-order valence-electron chi connectivity index (χ1n) is 6.85. The number of nitrogens with zero attached hydrogens (tertiary/aromatic N) is 1. The molecule has 1 aromatic rings. The number of hydrogen-bond donors (Lipinski definition) is 1. The van der Waals surface area contributed by atoms with Crippen molar-refractivity contribution in [3.8, 4) is 5.75 Å². The zero-order valence-corrected chi connectivity index (χ0v) is 13.7. The van der Waals surface area contributed by atoms with Crippen LogP contribution in [0.3, 0.4) is 0 Å². The van der Waals surface area contributed by atoms with Gasteiger partial charge in [-0.25, -0.2) is 0 Å². The molecular weight excluding hydrogens is 288 g/mol. The van der Waals surface area contributed by atoms with Gasteiger partial charge in [0.2, 0.25) is 0 Å². The van der Waals surface area contributed by atoms with E-state index in [4.69, 9.17) is 22.7 Å². The molecule has 2 rings (SSSR count). The van der Waals surface area contributed by atoms with Crippen LogP contribution in [0.4, 0.5) is 0 Å². The predicted octanol–water partition coefficient (Wildman–Crippen LogP) is 2.53. The monoisotopic (exact) mass is 310 g/mol. The van der Waals surface area contributed by atoms with Gasteiger partial charge < -0.3 is 10.5 Å². The molecule has 1 aliphatic rings. The van der Waals surface area contributed by atoms with Gasteiger partial charge in [-0.2, -0.15) is 11.8 Å². The van der Waals surface area contributed by atoms with Crippen molar-refractivity contribution in [3.63, 3.8) is 0 Å². The van der Waals surface area contributed by atoms with Crippen molar-refractivity contribution in [1.82, 2.24) is 4.90 Å². The van der Waals surface area contributed by atoms with Crippen LogP contribution in [0.15, 0.2) is 24.3 Å². The van der Waals surface area contributed by atoms with Crippen LogP contribution in [0.2, 0.25) is 0 Å². The molecule has 0 amide bonds. The average molecular weight is 310 g/mol. The minimum Gasteiger partial charge on any atom is -0.492 e. The van der Waals surface area contributed by atoms with Crippen LogP contribution in [-0.4, -0.2) is 46.6 Å². The van der Waals surface area contributed by atoms with Gasteiger partial charge in [0.15, 0.2) is 0 Å². The Morgan fingerprint density at radius 3 is 2.70 bits per heavy atom. The number of thioether (sulfide) groups is 1. The highest BCUT2D eigenvalue weighted by Crippen LogP contribution is 2.29. The Hall–Kier alpha value is -0.780. The lowest BCUT2D eigenvalue weighted by molar-refractivity contribution is 0.202. The number of thiocarbonyl (C=S) groups is 1. The fourth-order valence-electron chi connectivity index (χ4n) is 2.31. The van der Waals surface area contributed by atoms with E-state index in [9.17, 15) is 0 Å². The number of nitrogens with two attached hydrogens (primary N) is 1. The third kappa shape index (κ3) is 4.65. The van der Waals surface area contributed by atoms with Crippen LogP contribution in [-0.2, 0) is 0 Å². The van der Waals surface area contributed by atoms with E-state index >= 15 is 0 Å². The number of benzene rings is 1. The second kappa shape index (κ2) is 6.78. The van der Waals surface area contributed by atoms with E-state index in [1.807, 2.05) is 24.3 Å². The molecule has 0 saturated carbocycles. The molecule has 2 N–H and O–H groups in total. The van der Waals surface area contributed by atoms with E-state index in [-0.39, 0.29) is 0 Å². The third-order valence-electron chi connectivity index (χ3n) is 3.32. The van der Waals surface area contributed by atoms with E-state index in [1.165, 1.54) is 5.75 Å². The Labute approximate surface area is 130 Å². The van der Waals surface area contributed by atoms with Crippen molar-refractivity contribution in [2.24, 2.45) is 5.73 Å². The van der Waals surface area contributed by atoms with Gasteiger partial charge in [0, 0.05) is 35.7 Å². The highest BCUT2D eigenvalue weighted by molar-refractivity contribution is 8.00. The summed E-state index contributed by atoms with van der Waals surface area (Å²) in [7, 11) is 0. The zero-order valence-electron chi connectivity index (χ0n) is 12.1. The van der Waals surface area contributed by atoms with Crippen LogP contribution in [0.25, 0.3) is 0 Å². The summed E-state index contributed by atoms with van der Waals surface area (Å²) in [5.74, 6) is 2.07. The Kier molecular flexibility index (Phi) is 5.29. The lowest BCUT2D eigenvalue weighted by Gasteiger charge is -2.37. The second-order valence-electron chi connectivity index (χ2n) is 5.62. The van der Waals surface area contributed by atoms with Gasteiger partial charge in [0.25, 0.3) is 0 Å². The summed E-state index contributed by atoms with van der Waals surface area (Å²) in [6, 6.07) is 7.64. The Balaban J connectivity index is 1.76. The topological polar surface area (TPSA) is 38.5 Å². The largest absolute Gasteiger partial charge is 0.492 e. The lowest BCUT2D eigenvalue weighted by atomic mass is 10.2. The molecular formula is C15H22N2OS2. The van der Waals surface area contributed by atoms with Crippen LogP contribution >= 0.6 is 24.0 Å². The Morgan fingerprint density at radius 2 is 2.10 bits per heavy atom. The van der Waals surface area contributed by atoms with Crippen molar-refractivity contribution in [2.75, 3.05) is 32.0 Å². The first-order valence-corrected chi connectivity index (χ1v) is 8.25. The summed E-state index contributed by atoms with van der Waals surface area (Å²) >= 11 is 6.98. The van der Waals surface area contributed by atoms with Crippen LogP contribution < -0.4 is 10.5 Å². The molecule has 110 valence electrons. The summed E-state index contributed by atoms with van der Waals surface area (Å²) in [6.07, 6.45) is 0. The van der Waals surface area contributed by atoms with Crippen molar-refractivity contribution in [1.29, 1.82) is 0 Å². The minimum atomic E-state index is 0.358. The first-order chi connectivity index (χ1) is 9.46. The van der Waals surface area contributed by atoms with E-state index in [2.05, 4.69) is 30.5 Å². The molecule has 3 nitrogen and oxygen atoms in total. The molecule has 0 atom stereocenters. The SMILES string of the molecule is CC1(C)CN(CCOc2ccc(C(N)=S)cc2)CCS1. The quantitative estimate of drug-likeness (QED) is 0.846. The van der Waals surface area contributed by atoms with Gasteiger partial charge in [-0.3, -0.25) is 4.90 Å². The Bertz CT molecular complexity index is 459. The summed E-state index contributed by atoms with van der Waals surface area (Å²) in [5.41, 5.74) is 6.45. The van der Waals surface area contributed by atoms with E-state index < -0.39 is 0 Å². The zero-order chi connectivity index (χ0) is 14.6. The van der Waals surface area contributed by atoms with Gasteiger partial charge in [-0.05, 0) is 38.1 Å². The predicted molar refractivity (Wildman–Crippen MR) is 90.8 cm³/mol. The smallest absolute Gasteiger partial charge is 0.119 e. The van der Waals surface area contributed by atoms with Crippen molar-refractivity contribution < 1.29 is 4.74 Å². The minimum absolute atomic E-state index is 0.358. The summed E-state index contributed by atoms with van der Waals surface area (Å²) in [6.45, 7) is 8.58. The fraction of sp³-hybridized carbons (Fsp3) is 0.533. The summed E-state index contributed by atoms with van der Waals surface area (Å²) < 4.78 is 6.14. The standard InChI is InChI=1S/C15H22N2OS2/c1-15(2)11-17(8-10-20-15)7-9-18-13-5-3-12(4-6-13)14(16)19/h3-6H,7-11H2,1-2H3,(H2,16,19). The van der Waals surface area contributed by atoms with Gasteiger partial charge >= 0.3 is 0 Å². The first kappa shape index (κ1) is 15.6. The number of rotatable bonds is 5. The maximum atomic E-state index is 5.78.